The Labute approximate surface area is 116 Å². The Bertz CT molecular complexity index is 570. The molecule has 0 bridgehead atoms. The predicted molar refractivity (Wildman–Crippen MR) is 73.4 cm³/mol. The van der Waals surface area contributed by atoms with Gasteiger partial charge in [-0.25, -0.2) is 0 Å². The van der Waals surface area contributed by atoms with Gasteiger partial charge in [-0.3, -0.25) is 9.78 Å². The molecule has 0 aliphatic rings. The van der Waals surface area contributed by atoms with Gasteiger partial charge in [0.15, 0.2) is 0 Å². The van der Waals surface area contributed by atoms with Crippen molar-refractivity contribution in [3.05, 3.63) is 58.9 Å². The summed E-state index contributed by atoms with van der Waals surface area (Å²) in [7, 11) is 0. The lowest BCUT2D eigenvalue weighted by atomic mass is 10.1. The van der Waals surface area contributed by atoms with Gasteiger partial charge in [0.1, 0.15) is 5.75 Å². The highest BCUT2D eigenvalue weighted by Crippen LogP contribution is 2.13. The van der Waals surface area contributed by atoms with Gasteiger partial charge in [0.05, 0.1) is 10.6 Å². The highest BCUT2D eigenvalue weighted by molar-refractivity contribution is 6.33. The van der Waals surface area contributed by atoms with Crippen LogP contribution >= 0.6 is 11.6 Å². The fourth-order valence-corrected chi connectivity index (χ4v) is 1.81. The average Bonchev–Trinajstić information content (AvgIpc) is 2.41. The molecule has 1 aromatic heterocycles. The predicted octanol–water partition coefficient (Wildman–Crippen LogP) is 2.41. The number of nitrogens with one attached hydrogen (secondary N) is 1. The molecule has 5 heteroatoms. The fourth-order valence-electron chi connectivity index (χ4n) is 1.62. The number of benzene rings is 1. The third-order valence-corrected chi connectivity index (χ3v) is 2.98. The first-order valence-corrected chi connectivity index (χ1v) is 6.20. The largest absolute Gasteiger partial charge is 0.508 e. The summed E-state index contributed by atoms with van der Waals surface area (Å²) in [6.45, 7) is 0.495. The number of halogens is 1. The molecule has 4 nitrogen and oxygen atoms in total. The molecule has 0 saturated carbocycles. The summed E-state index contributed by atoms with van der Waals surface area (Å²) in [4.78, 5) is 15.7. The van der Waals surface area contributed by atoms with Crippen molar-refractivity contribution in [2.24, 2.45) is 0 Å². The number of phenolic OH excluding ortho intramolecular Hbond substituents is 1. The number of carbonyl (C=O) groups excluding carboxylic acids is 1. The van der Waals surface area contributed by atoms with E-state index < -0.39 is 0 Å². The number of rotatable bonds is 4. The van der Waals surface area contributed by atoms with Gasteiger partial charge >= 0.3 is 0 Å². The average molecular weight is 277 g/mol. The second kappa shape index (κ2) is 6.20. The number of pyridine rings is 1. The van der Waals surface area contributed by atoms with Crippen LogP contribution in [0, 0.1) is 0 Å². The minimum atomic E-state index is -0.239. The number of amides is 1. The van der Waals surface area contributed by atoms with Crippen LogP contribution in [0.25, 0.3) is 0 Å². The number of carbonyl (C=O) groups is 1. The van der Waals surface area contributed by atoms with Gasteiger partial charge in [-0.05, 0) is 30.2 Å². The minimum Gasteiger partial charge on any atom is -0.508 e. The molecule has 19 heavy (non-hydrogen) atoms. The van der Waals surface area contributed by atoms with E-state index in [2.05, 4.69) is 10.3 Å². The molecular weight excluding hydrogens is 264 g/mol. The summed E-state index contributed by atoms with van der Waals surface area (Å²) in [6, 6.07) is 8.46. The molecule has 0 fully saturated rings. The van der Waals surface area contributed by atoms with Crippen LogP contribution in [-0.2, 0) is 6.42 Å². The fraction of sp³-hybridized carbons (Fsp3) is 0.143. The van der Waals surface area contributed by atoms with Crippen molar-refractivity contribution in [2.45, 2.75) is 6.42 Å². The number of hydrogen-bond donors (Lipinski definition) is 2. The smallest absolute Gasteiger partial charge is 0.254 e. The third-order valence-electron chi connectivity index (χ3n) is 2.65. The Hall–Kier alpha value is -2.07. The zero-order valence-corrected chi connectivity index (χ0v) is 10.9. The maximum absolute atomic E-state index is 11.8. The molecule has 0 aliphatic carbocycles. The first kappa shape index (κ1) is 13.4. The third kappa shape index (κ3) is 3.69. The molecule has 0 aliphatic heterocycles. The van der Waals surface area contributed by atoms with E-state index in [-0.39, 0.29) is 11.7 Å². The second-order valence-electron chi connectivity index (χ2n) is 4.03. The quantitative estimate of drug-likeness (QED) is 0.901. The first-order chi connectivity index (χ1) is 9.16. The SMILES string of the molecule is O=C(NCCc1ccc(O)cc1)c1cnccc1Cl. The molecule has 2 N–H and O–H groups in total. The van der Waals surface area contributed by atoms with Crippen molar-refractivity contribution in [3.63, 3.8) is 0 Å². The van der Waals surface area contributed by atoms with E-state index in [1.165, 1.54) is 12.4 Å². The number of nitrogens with zero attached hydrogens (tertiary/aromatic N) is 1. The zero-order chi connectivity index (χ0) is 13.7. The molecule has 1 amide bonds. The normalized spacial score (nSPS) is 10.2. The van der Waals surface area contributed by atoms with Crippen LogP contribution < -0.4 is 5.32 Å². The van der Waals surface area contributed by atoms with Crippen molar-refractivity contribution in [1.82, 2.24) is 10.3 Å². The van der Waals surface area contributed by atoms with Crippen molar-refractivity contribution in [1.29, 1.82) is 0 Å². The summed E-state index contributed by atoms with van der Waals surface area (Å²) in [5.74, 6) is -0.00759. The first-order valence-electron chi connectivity index (χ1n) is 5.82. The summed E-state index contributed by atoms with van der Waals surface area (Å²) < 4.78 is 0. The van der Waals surface area contributed by atoms with Crippen molar-refractivity contribution >= 4 is 17.5 Å². The Morgan fingerprint density at radius 1 is 1.26 bits per heavy atom. The highest BCUT2D eigenvalue weighted by atomic mass is 35.5. The van der Waals surface area contributed by atoms with E-state index in [1.807, 2.05) is 12.1 Å². The Kier molecular flexibility index (Phi) is 4.36. The summed E-state index contributed by atoms with van der Waals surface area (Å²) >= 11 is 5.90. The molecule has 98 valence electrons. The van der Waals surface area contributed by atoms with Gasteiger partial charge in [-0.2, -0.15) is 0 Å². The monoisotopic (exact) mass is 276 g/mol. The van der Waals surface area contributed by atoms with Crippen LogP contribution in [0.15, 0.2) is 42.7 Å². The lowest BCUT2D eigenvalue weighted by Gasteiger charge is -2.06. The van der Waals surface area contributed by atoms with Crippen molar-refractivity contribution in [2.75, 3.05) is 6.54 Å². The van der Waals surface area contributed by atoms with E-state index in [0.29, 0.717) is 23.6 Å². The van der Waals surface area contributed by atoms with Gasteiger partial charge < -0.3 is 10.4 Å². The Balaban J connectivity index is 1.88. The molecule has 0 atom stereocenters. The molecule has 0 unspecified atom stereocenters. The van der Waals surface area contributed by atoms with Gasteiger partial charge in [-0.1, -0.05) is 23.7 Å². The molecule has 2 aromatic rings. The molecule has 0 radical (unpaired) electrons. The topological polar surface area (TPSA) is 62.2 Å². The van der Waals surface area contributed by atoms with Crippen LogP contribution in [0.1, 0.15) is 15.9 Å². The number of aromatic hydroxyl groups is 1. The summed E-state index contributed by atoms with van der Waals surface area (Å²) in [5, 5.41) is 12.3. The number of phenols is 1. The molecular formula is C14H13ClN2O2. The lowest BCUT2D eigenvalue weighted by molar-refractivity contribution is 0.0954. The van der Waals surface area contributed by atoms with E-state index in [4.69, 9.17) is 16.7 Å². The molecule has 0 saturated heterocycles. The van der Waals surface area contributed by atoms with Gasteiger partial charge in [0.2, 0.25) is 0 Å². The molecule has 1 heterocycles. The van der Waals surface area contributed by atoms with Gasteiger partial charge in [0, 0.05) is 18.9 Å². The molecule has 0 spiro atoms. The maximum atomic E-state index is 11.8. The highest BCUT2D eigenvalue weighted by Gasteiger charge is 2.09. The molecule has 2 rings (SSSR count). The molecule has 1 aromatic carbocycles. The van der Waals surface area contributed by atoms with E-state index >= 15 is 0 Å². The number of aromatic nitrogens is 1. The van der Waals surface area contributed by atoms with Crippen LogP contribution in [0.5, 0.6) is 5.75 Å². The van der Waals surface area contributed by atoms with Crippen LogP contribution in [0.4, 0.5) is 0 Å². The number of hydrogen-bond acceptors (Lipinski definition) is 3. The Morgan fingerprint density at radius 3 is 2.68 bits per heavy atom. The van der Waals surface area contributed by atoms with Crippen LogP contribution in [-0.4, -0.2) is 22.5 Å². The standard InChI is InChI=1S/C14H13ClN2O2/c15-13-6-7-16-9-12(13)14(19)17-8-5-10-1-3-11(18)4-2-10/h1-4,6-7,9,18H,5,8H2,(H,17,19). The second-order valence-corrected chi connectivity index (χ2v) is 4.44. The summed E-state index contributed by atoms with van der Waals surface area (Å²) in [5.41, 5.74) is 1.41. The minimum absolute atomic E-state index is 0.231. The lowest BCUT2D eigenvalue weighted by Crippen LogP contribution is -2.26. The zero-order valence-electron chi connectivity index (χ0n) is 10.1. The Morgan fingerprint density at radius 2 is 2.00 bits per heavy atom. The van der Waals surface area contributed by atoms with Crippen molar-refractivity contribution in [3.8, 4) is 5.75 Å². The van der Waals surface area contributed by atoms with Gasteiger partial charge in [0.25, 0.3) is 5.91 Å². The van der Waals surface area contributed by atoms with Crippen LogP contribution in [0.3, 0.4) is 0 Å². The van der Waals surface area contributed by atoms with E-state index in [9.17, 15) is 4.79 Å². The van der Waals surface area contributed by atoms with Crippen LogP contribution in [0.2, 0.25) is 5.02 Å². The van der Waals surface area contributed by atoms with Gasteiger partial charge in [-0.15, -0.1) is 0 Å². The van der Waals surface area contributed by atoms with E-state index in [1.54, 1.807) is 18.2 Å². The maximum Gasteiger partial charge on any atom is 0.254 e. The van der Waals surface area contributed by atoms with Crippen molar-refractivity contribution < 1.29 is 9.90 Å². The van der Waals surface area contributed by atoms with E-state index in [0.717, 1.165) is 5.56 Å². The summed E-state index contributed by atoms with van der Waals surface area (Å²) in [6.07, 6.45) is 3.66.